The van der Waals surface area contributed by atoms with Crippen molar-refractivity contribution in [3.8, 4) is 33.4 Å². The second kappa shape index (κ2) is 15.2. The van der Waals surface area contributed by atoms with E-state index in [1.54, 1.807) is 48.6 Å². The molecule has 0 spiro atoms. The average Bonchev–Trinajstić information content (AvgIpc) is 4.05. The highest BCUT2D eigenvalue weighted by Gasteiger charge is 2.35. The summed E-state index contributed by atoms with van der Waals surface area (Å²) < 4.78 is 110. The number of nitrogens with zero attached hydrogens (tertiary/aromatic N) is 4. The van der Waals surface area contributed by atoms with Crippen LogP contribution in [-0.4, -0.2) is 72.8 Å². The summed E-state index contributed by atoms with van der Waals surface area (Å²) in [4.78, 5) is 30.6. The summed E-state index contributed by atoms with van der Waals surface area (Å²) in [5, 5.41) is 11.4. The highest BCUT2D eigenvalue weighted by molar-refractivity contribution is 7.86. The van der Waals surface area contributed by atoms with Gasteiger partial charge in [-0.3, -0.25) is 13.7 Å². The first-order valence-electron chi connectivity index (χ1n) is 18.6. The fraction of sp³-hybridized carbons (Fsp3) is 0. The molecular formula is C45H28N4O11S3. The van der Waals surface area contributed by atoms with Crippen LogP contribution in [0.2, 0.25) is 0 Å². The summed E-state index contributed by atoms with van der Waals surface area (Å²) >= 11 is 0. The molecule has 8 bridgehead atoms. The summed E-state index contributed by atoms with van der Waals surface area (Å²) in [6.07, 6.45) is 18.9. The monoisotopic (exact) mass is 896 g/mol. The molecule has 0 atom stereocenters. The molecule has 0 saturated carbocycles. The lowest BCUT2D eigenvalue weighted by Gasteiger charge is -2.25. The van der Waals surface area contributed by atoms with Crippen LogP contribution in [0.5, 0.6) is 0 Å². The number of hydrogen-bond donors (Lipinski definition) is 4. The van der Waals surface area contributed by atoms with Crippen molar-refractivity contribution in [1.82, 2.24) is 0 Å². The van der Waals surface area contributed by atoms with Crippen LogP contribution < -0.4 is 0 Å². The lowest BCUT2D eigenvalue weighted by molar-refractivity contribution is 0.0697. The second-order valence-corrected chi connectivity index (χ2v) is 18.4. The highest BCUT2D eigenvalue weighted by Crippen LogP contribution is 2.50. The Balaban J connectivity index is 1.45. The number of benzene rings is 4. The van der Waals surface area contributed by atoms with Gasteiger partial charge in [0.05, 0.1) is 51.2 Å². The van der Waals surface area contributed by atoms with E-state index < -0.39 is 73.3 Å². The first-order chi connectivity index (χ1) is 29.9. The average molecular weight is 897 g/mol. The molecule has 5 heterocycles. The van der Waals surface area contributed by atoms with Gasteiger partial charge in [-0.2, -0.15) is 25.3 Å². The van der Waals surface area contributed by atoms with Crippen molar-refractivity contribution in [3.05, 3.63) is 180 Å². The van der Waals surface area contributed by atoms with Crippen LogP contribution in [-0.2, 0) is 30.4 Å². The summed E-state index contributed by atoms with van der Waals surface area (Å²) in [5.41, 5.74) is 0.679. The van der Waals surface area contributed by atoms with Gasteiger partial charge in [0.1, 0.15) is 14.7 Å². The van der Waals surface area contributed by atoms with Crippen molar-refractivity contribution in [1.29, 1.82) is 0 Å². The molecule has 0 aromatic heterocycles. The maximum Gasteiger partial charge on any atom is 0.336 e. The van der Waals surface area contributed by atoms with Gasteiger partial charge in [0.15, 0.2) is 0 Å². The van der Waals surface area contributed by atoms with E-state index in [0.717, 1.165) is 18.2 Å². The van der Waals surface area contributed by atoms with Crippen LogP contribution in [0.25, 0.3) is 39.0 Å². The van der Waals surface area contributed by atoms with Gasteiger partial charge in [0.25, 0.3) is 30.4 Å². The predicted molar refractivity (Wildman–Crippen MR) is 237 cm³/mol. The standard InChI is InChI=1S/C45H28N4O11S3/c50-45(51)44-37(35-22-31-21-29-16-15-27(47-29)19-25-13-14-26(46-25)20-28-17-18-30(48-28)23-38(35)49-31)24-36(32-7-1-4-10-39(32)61(52,53)54)42(33-8-2-5-11-40(33)62(55,56)57)43(44)34-9-3-6-12-41(34)63(58,59)60/h1-24H,(H,50,51)(H,52,53,54)(H,55,56,57)(H,58,59,60). The van der Waals surface area contributed by atoms with Crippen molar-refractivity contribution < 1.29 is 48.8 Å². The summed E-state index contributed by atoms with van der Waals surface area (Å²) in [6.45, 7) is 0. The number of allylic oxidation sites excluding steroid dienone is 12. The zero-order chi connectivity index (χ0) is 44.4. The van der Waals surface area contributed by atoms with E-state index in [-0.39, 0.29) is 39.2 Å². The first kappa shape index (κ1) is 41.1. The minimum Gasteiger partial charge on any atom is -0.478 e. The van der Waals surface area contributed by atoms with E-state index in [4.69, 9.17) is 9.98 Å². The molecule has 5 aliphatic heterocycles. The number of rotatable bonds is 8. The minimum absolute atomic E-state index is 0.0996. The van der Waals surface area contributed by atoms with Crippen LogP contribution in [0.1, 0.15) is 15.9 Å². The Morgan fingerprint density at radius 3 is 1.32 bits per heavy atom. The Hall–Kier alpha value is -7.32. The quantitative estimate of drug-likeness (QED) is 0.126. The molecule has 0 aliphatic carbocycles. The first-order valence-corrected chi connectivity index (χ1v) is 22.9. The SMILES string of the molecule is O=C(O)c1c(C2=CC3=NC2=CC2=NC(=CC4=NC(=CC5=NC(=C3)C=C5)C=C4)C=C2)cc(-c2ccccc2S(=O)(=O)O)c(-c2ccccc2S(=O)(=O)O)c1-c1ccccc1S(=O)(=O)O. The van der Waals surface area contributed by atoms with E-state index in [1.807, 2.05) is 12.2 Å². The van der Waals surface area contributed by atoms with Gasteiger partial charge >= 0.3 is 5.97 Å². The third-order valence-corrected chi connectivity index (χ3v) is 12.9. The molecule has 0 amide bonds. The summed E-state index contributed by atoms with van der Waals surface area (Å²) in [7, 11) is -15.4. The normalized spacial score (nSPS) is 16.7. The Labute approximate surface area is 359 Å². The van der Waals surface area contributed by atoms with Gasteiger partial charge in [-0.1, -0.05) is 54.6 Å². The number of aromatic carboxylic acids is 1. The fourth-order valence-electron chi connectivity index (χ4n) is 7.70. The molecule has 0 unspecified atom stereocenters. The van der Waals surface area contributed by atoms with E-state index >= 15 is 0 Å². The Bertz CT molecular complexity index is 3540. The molecule has 0 fully saturated rings. The van der Waals surface area contributed by atoms with Crippen LogP contribution in [0.4, 0.5) is 0 Å². The number of fused-ring (bicyclic) bond motifs is 4. The zero-order valence-corrected chi connectivity index (χ0v) is 34.5. The fourth-order valence-corrected chi connectivity index (χ4v) is 9.81. The lowest BCUT2D eigenvalue weighted by atomic mass is 9.80. The Morgan fingerprint density at radius 1 is 0.429 bits per heavy atom. The van der Waals surface area contributed by atoms with E-state index in [0.29, 0.717) is 34.2 Å². The van der Waals surface area contributed by atoms with E-state index in [1.165, 1.54) is 66.7 Å². The van der Waals surface area contributed by atoms with Crippen molar-refractivity contribution in [2.75, 3.05) is 0 Å². The molecule has 4 N–H and O–H groups in total. The van der Waals surface area contributed by atoms with Gasteiger partial charge in [-0.05, 0) is 108 Å². The molecule has 15 nitrogen and oxygen atoms in total. The van der Waals surface area contributed by atoms with Gasteiger partial charge in [-0.15, -0.1) is 0 Å². The second-order valence-electron chi connectivity index (χ2n) is 14.3. The Kier molecular flexibility index (Phi) is 9.93. The topological polar surface area (TPSA) is 250 Å². The third kappa shape index (κ3) is 7.89. The molecular weight excluding hydrogens is 869 g/mol. The maximum atomic E-state index is 14.0. The third-order valence-electron chi connectivity index (χ3n) is 10.2. The largest absolute Gasteiger partial charge is 0.478 e. The molecule has 9 rings (SSSR count). The van der Waals surface area contributed by atoms with Crippen molar-refractivity contribution in [2.24, 2.45) is 20.0 Å². The molecule has 312 valence electrons. The van der Waals surface area contributed by atoms with Crippen LogP contribution >= 0.6 is 0 Å². The number of carbonyl (C=O) groups is 1. The van der Waals surface area contributed by atoms with Gasteiger partial charge in [0, 0.05) is 27.8 Å². The van der Waals surface area contributed by atoms with Crippen LogP contribution in [0, 0.1) is 0 Å². The van der Waals surface area contributed by atoms with Crippen molar-refractivity contribution >= 4 is 64.7 Å². The number of carboxylic acids is 1. The van der Waals surface area contributed by atoms with Crippen LogP contribution in [0.15, 0.2) is 203 Å². The number of aliphatic imine (C=N–C) groups is 4. The lowest BCUT2D eigenvalue weighted by Crippen LogP contribution is -2.12. The van der Waals surface area contributed by atoms with Crippen LogP contribution in [0.3, 0.4) is 0 Å². The highest BCUT2D eigenvalue weighted by atomic mass is 32.2. The number of carboxylic acid groups (broad SMARTS) is 1. The molecule has 0 radical (unpaired) electrons. The molecule has 63 heavy (non-hydrogen) atoms. The van der Waals surface area contributed by atoms with E-state index in [9.17, 15) is 48.8 Å². The summed E-state index contributed by atoms with van der Waals surface area (Å²) in [6, 6.07) is 16.0. The van der Waals surface area contributed by atoms with Gasteiger partial charge in [0.2, 0.25) is 0 Å². The molecule has 4 aromatic carbocycles. The van der Waals surface area contributed by atoms with Crippen molar-refractivity contribution in [3.63, 3.8) is 0 Å². The minimum atomic E-state index is -5.18. The van der Waals surface area contributed by atoms with Gasteiger partial charge in [-0.25, -0.2) is 24.8 Å². The maximum absolute atomic E-state index is 14.0. The van der Waals surface area contributed by atoms with Gasteiger partial charge < -0.3 is 5.11 Å². The smallest absolute Gasteiger partial charge is 0.336 e. The zero-order valence-electron chi connectivity index (χ0n) is 32.0. The predicted octanol–water partition coefficient (Wildman–Crippen LogP) is 7.55. The molecule has 4 aromatic rings. The van der Waals surface area contributed by atoms with E-state index in [2.05, 4.69) is 9.98 Å². The molecule has 5 aliphatic rings. The summed E-state index contributed by atoms with van der Waals surface area (Å²) in [5.74, 6) is -1.68. The molecule has 18 heteroatoms. The molecule has 0 saturated heterocycles. The number of hydrogen-bond acceptors (Lipinski definition) is 11. The van der Waals surface area contributed by atoms with Crippen molar-refractivity contribution in [2.45, 2.75) is 14.7 Å². The Morgan fingerprint density at radius 2 is 0.841 bits per heavy atom.